The molecular weight excluding hydrogens is 454 g/mol. The monoisotopic (exact) mass is 477 g/mol. The number of H-pyrrole nitrogens is 1. The largest absolute Gasteiger partial charge is 0.378 e. The molecule has 10 heteroatoms. The van der Waals surface area contributed by atoms with E-state index in [0.29, 0.717) is 37.3 Å². The minimum atomic E-state index is -3.68. The minimum absolute atomic E-state index is 0.0290. The summed E-state index contributed by atoms with van der Waals surface area (Å²) in [6, 6.07) is 11.7. The van der Waals surface area contributed by atoms with Gasteiger partial charge in [0.05, 0.1) is 29.2 Å². The van der Waals surface area contributed by atoms with Crippen LogP contribution < -0.4 is 4.90 Å². The Hall–Kier alpha value is -3.63. The maximum Gasteiger partial charge on any atom is 0.208 e. The van der Waals surface area contributed by atoms with Crippen LogP contribution in [0.4, 0.5) is 5.82 Å². The molecule has 0 saturated carbocycles. The fourth-order valence-electron chi connectivity index (χ4n) is 3.87. The number of fused-ring (bicyclic) bond motifs is 1. The summed E-state index contributed by atoms with van der Waals surface area (Å²) in [6.45, 7) is 2.74. The van der Waals surface area contributed by atoms with Gasteiger partial charge in [-0.1, -0.05) is 12.1 Å². The van der Waals surface area contributed by atoms with Crippen molar-refractivity contribution in [1.29, 1.82) is 0 Å². The van der Waals surface area contributed by atoms with Crippen molar-refractivity contribution in [2.24, 2.45) is 0 Å². The van der Waals surface area contributed by atoms with Crippen LogP contribution >= 0.6 is 0 Å². The van der Waals surface area contributed by atoms with Crippen LogP contribution in [-0.2, 0) is 21.0 Å². The first-order chi connectivity index (χ1) is 16.5. The van der Waals surface area contributed by atoms with Crippen LogP contribution in [0.2, 0.25) is 0 Å². The van der Waals surface area contributed by atoms with E-state index in [9.17, 15) is 13.2 Å². The summed E-state index contributed by atoms with van der Waals surface area (Å²) in [6.07, 6.45) is 5.36. The molecule has 0 spiro atoms. The number of nitrogens with zero attached hydrogens (tertiary/aromatic N) is 4. The molecule has 0 atom stereocenters. The van der Waals surface area contributed by atoms with Gasteiger partial charge in [0.2, 0.25) is 9.84 Å². The fourth-order valence-corrected chi connectivity index (χ4v) is 5.08. The van der Waals surface area contributed by atoms with Crippen LogP contribution in [0.15, 0.2) is 70.8 Å². The number of aryl methyl sites for hydroxylation is 1. The number of ether oxygens (including phenoxy) is 1. The van der Waals surface area contributed by atoms with Gasteiger partial charge >= 0.3 is 0 Å². The number of morpholine rings is 1. The highest BCUT2D eigenvalue weighted by atomic mass is 32.2. The van der Waals surface area contributed by atoms with Crippen molar-refractivity contribution in [2.45, 2.75) is 22.6 Å². The van der Waals surface area contributed by atoms with E-state index < -0.39 is 9.84 Å². The van der Waals surface area contributed by atoms with Gasteiger partial charge in [-0.05, 0) is 42.3 Å². The molecule has 4 heterocycles. The predicted octanol–water partition coefficient (Wildman–Crippen LogP) is 2.84. The van der Waals surface area contributed by atoms with Crippen LogP contribution in [0.3, 0.4) is 0 Å². The second-order valence-electron chi connectivity index (χ2n) is 8.05. The summed E-state index contributed by atoms with van der Waals surface area (Å²) in [5, 5.41) is 7.46. The number of aromatic amines is 1. The Balaban J connectivity index is 1.24. The molecule has 1 aliphatic rings. The Morgan fingerprint density at radius 2 is 1.74 bits per heavy atom. The number of aromatic nitrogens is 4. The van der Waals surface area contributed by atoms with Gasteiger partial charge in [-0.15, -0.1) is 0 Å². The summed E-state index contributed by atoms with van der Waals surface area (Å²) in [7, 11) is -3.68. The van der Waals surface area contributed by atoms with E-state index in [1.54, 1.807) is 48.7 Å². The summed E-state index contributed by atoms with van der Waals surface area (Å²) in [5.41, 5.74) is 2.05. The number of rotatable bonds is 7. The van der Waals surface area contributed by atoms with Crippen LogP contribution in [0.25, 0.3) is 11.0 Å². The maximum atomic E-state index is 13.0. The van der Waals surface area contributed by atoms with E-state index in [2.05, 4.69) is 25.1 Å². The van der Waals surface area contributed by atoms with Crippen molar-refractivity contribution in [1.82, 2.24) is 20.2 Å². The zero-order valence-electron chi connectivity index (χ0n) is 18.3. The van der Waals surface area contributed by atoms with Crippen molar-refractivity contribution in [2.75, 3.05) is 31.2 Å². The topological polar surface area (TPSA) is 118 Å². The first-order valence-corrected chi connectivity index (χ1v) is 12.4. The van der Waals surface area contributed by atoms with E-state index in [0.717, 1.165) is 29.9 Å². The number of hydrogen-bond donors (Lipinski definition) is 1. The molecule has 0 amide bonds. The molecule has 1 saturated heterocycles. The lowest BCUT2D eigenvalue weighted by Crippen LogP contribution is -2.36. The lowest BCUT2D eigenvalue weighted by atomic mass is 10.0. The Bertz CT molecular complexity index is 1410. The first-order valence-electron chi connectivity index (χ1n) is 11.0. The molecule has 9 nitrogen and oxygen atoms in total. The molecule has 3 aromatic heterocycles. The van der Waals surface area contributed by atoms with Crippen LogP contribution in [0.1, 0.15) is 22.3 Å². The Morgan fingerprint density at radius 3 is 2.47 bits per heavy atom. The molecule has 0 aliphatic carbocycles. The van der Waals surface area contributed by atoms with E-state index in [4.69, 9.17) is 4.74 Å². The van der Waals surface area contributed by atoms with Crippen LogP contribution in [-0.4, -0.2) is 60.7 Å². The van der Waals surface area contributed by atoms with Gasteiger partial charge in [-0.25, -0.2) is 18.4 Å². The molecule has 1 aliphatic heterocycles. The minimum Gasteiger partial charge on any atom is -0.378 e. The quantitative estimate of drug-likeness (QED) is 0.404. The highest BCUT2D eigenvalue weighted by Crippen LogP contribution is 2.23. The molecule has 174 valence electrons. The molecule has 0 unspecified atom stereocenters. The fraction of sp³-hybridized carbons (Fsp3) is 0.250. The Morgan fingerprint density at radius 1 is 0.971 bits per heavy atom. The number of nitrogens with one attached hydrogen (secondary N) is 1. The number of carbonyl (C=O) groups excluding carboxylic acids is 1. The van der Waals surface area contributed by atoms with Crippen molar-refractivity contribution in [3.05, 3.63) is 72.2 Å². The van der Waals surface area contributed by atoms with Gasteiger partial charge in [0.25, 0.3) is 0 Å². The normalized spacial score (nSPS) is 14.4. The van der Waals surface area contributed by atoms with E-state index in [-0.39, 0.29) is 15.6 Å². The van der Waals surface area contributed by atoms with Gasteiger partial charge in [0.15, 0.2) is 11.4 Å². The summed E-state index contributed by atoms with van der Waals surface area (Å²) < 4.78 is 31.4. The van der Waals surface area contributed by atoms with Crippen LogP contribution in [0.5, 0.6) is 0 Å². The summed E-state index contributed by atoms with van der Waals surface area (Å²) >= 11 is 0. The third kappa shape index (κ3) is 4.55. The number of anilines is 1. The molecule has 1 aromatic carbocycles. The van der Waals surface area contributed by atoms with Gasteiger partial charge < -0.3 is 9.64 Å². The number of pyridine rings is 2. The standard InChI is InChI=1S/C24H23N5O4S/c30-22(18-13-19-15-27-28-24(19)26-14-18)7-3-17-1-4-20(5-2-17)34(31,32)21-6-8-23(25-16-21)29-9-11-33-12-10-29/h1-2,4-6,8,13-16H,3,7,9-12H2,(H,26,27,28). The number of benzene rings is 1. The zero-order valence-corrected chi connectivity index (χ0v) is 19.2. The highest BCUT2D eigenvalue weighted by molar-refractivity contribution is 7.91. The second kappa shape index (κ2) is 9.32. The van der Waals surface area contributed by atoms with Crippen molar-refractivity contribution >= 4 is 32.5 Å². The van der Waals surface area contributed by atoms with Crippen molar-refractivity contribution in [3.8, 4) is 0 Å². The van der Waals surface area contributed by atoms with Gasteiger partial charge in [-0.3, -0.25) is 9.89 Å². The number of carbonyl (C=O) groups is 1. The van der Waals surface area contributed by atoms with Crippen molar-refractivity contribution < 1.29 is 17.9 Å². The molecular formula is C24H23N5O4S. The van der Waals surface area contributed by atoms with E-state index in [1.807, 2.05) is 0 Å². The smallest absolute Gasteiger partial charge is 0.208 e. The number of ketones is 1. The van der Waals surface area contributed by atoms with Gasteiger partial charge in [0, 0.05) is 42.9 Å². The lowest BCUT2D eigenvalue weighted by Gasteiger charge is -2.27. The average Bonchev–Trinajstić information content (AvgIpc) is 3.36. The Kier molecular flexibility index (Phi) is 6.08. The maximum absolute atomic E-state index is 13.0. The summed E-state index contributed by atoms with van der Waals surface area (Å²) in [5.74, 6) is 0.711. The highest BCUT2D eigenvalue weighted by Gasteiger charge is 2.20. The molecule has 34 heavy (non-hydrogen) atoms. The van der Waals surface area contributed by atoms with Gasteiger partial charge in [0.1, 0.15) is 5.82 Å². The third-order valence-corrected chi connectivity index (χ3v) is 7.61. The van der Waals surface area contributed by atoms with E-state index in [1.165, 1.54) is 12.4 Å². The first kappa shape index (κ1) is 22.2. The average molecular weight is 478 g/mol. The molecule has 0 bridgehead atoms. The lowest BCUT2D eigenvalue weighted by molar-refractivity contribution is 0.0982. The van der Waals surface area contributed by atoms with E-state index >= 15 is 0 Å². The SMILES string of the molecule is O=C(CCc1ccc(S(=O)(=O)c2ccc(N3CCOCC3)nc2)cc1)c1cnc2[nH]ncc2c1. The van der Waals surface area contributed by atoms with Gasteiger partial charge in [-0.2, -0.15) is 5.10 Å². The third-order valence-electron chi connectivity index (χ3n) is 5.85. The number of sulfone groups is 1. The zero-order chi connectivity index (χ0) is 23.5. The molecule has 1 N–H and O–H groups in total. The predicted molar refractivity (Wildman–Crippen MR) is 126 cm³/mol. The van der Waals surface area contributed by atoms with Crippen molar-refractivity contribution in [3.63, 3.8) is 0 Å². The molecule has 1 fully saturated rings. The molecule has 0 radical (unpaired) electrons. The molecule has 5 rings (SSSR count). The Labute approximate surface area is 196 Å². The molecule has 4 aromatic rings. The number of Topliss-reactive ketones (excluding diaryl/α,β-unsaturated/α-hetero) is 1. The van der Waals surface area contributed by atoms with Crippen LogP contribution in [0, 0.1) is 0 Å². The summed E-state index contributed by atoms with van der Waals surface area (Å²) in [4.78, 5) is 23.5. The second-order valence-corrected chi connectivity index (χ2v) is 10.0. The number of hydrogen-bond acceptors (Lipinski definition) is 8.